The Balaban J connectivity index is 2.47. The highest BCUT2D eigenvalue weighted by Gasteiger charge is 2.35. The fourth-order valence-electron chi connectivity index (χ4n) is 1.35. The topological polar surface area (TPSA) is 26.3 Å². The van der Waals surface area contributed by atoms with Crippen molar-refractivity contribution in [3.63, 3.8) is 0 Å². The number of carbonyl (C=O) groups is 1. The Bertz CT molecular complexity index is 194. The van der Waals surface area contributed by atoms with Crippen molar-refractivity contribution in [2.75, 3.05) is 12.4 Å². The molecule has 0 aliphatic carbocycles. The first-order chi connectivity index (χ1) is 6.05. The maximum atomic E-state index is 11.4. The lowest BCUT2D eigenvalue weighted by molar-refractivity contribution is -0.142. The van der Waals surface area contributed by atoms with E-state index in [1.54, 1.807) is 11.8 Å². The number of alkyl halides is 1. The van der Waals surface area contributed by atoms with Crippen LogP contribution in [0.5, 0.6) is 0 Å². The van der Waals surface area contributed by atoms with Gasteiger partial charge in [-0.2, -0.15) is 0 Å². The van der Waals surface area contributed by atoms with Gasteiger partial charge >= 0.3 is 5.97 Å². The van der Waals surface area contributed by atoms with Gasteiger partial charge in [-0.05, 0) is 32.4 Å². The molecule has 0 amide bonds. The number of ether oxygens (including phenoxy) is 1. The third-order valence-corrected chi connectivity index (χ3v) is 3.65. The van der Waals surface area contributed by atoms with E-state index in [-0.39, 0.29) is 16.1 Å². The second kappa shape index (κ2) is 4.56. The molecule has 1 heterocycles. The van der Waals surface area contributed by atoms with Gasteiger partial charge in [0.25, 0.3) is 0 Å². The summed E-state index contributed by atoms with van der Waals surface area (Å²) in [5.41, 5.74) is 0. The number of rotatable bonds is 2. The highest BCUT2D eigenvalue weighted by Crippen LogP contribution is 2.37. The lowest BCUT2D eigenvalue weighted by Crippen LogP contribution is -2.34. The molecule has 0 spiro atoms. The van der Waals surface area contributed by atoms with Crippen LogP contribution in [0.1, 0.15) is 26.7 Å². The Morgan fingerprint density at radius 3 is 3.00 bits per heavy atom. The summed E-state index contributed by atoms with van der Waals surface area (Å²) < 4.78 is 4.96. The number of hydrogen-bond acceptors (Lipinski definition) is 3. The second-order valence-electron chi connectivity index (χ2n) is 3.48. The number of carbonyl (C=O) groups excluding carboxylic acids is 1. The van der Waals surface area contributed by atoms with E-state index >= 15 is 0 Å². The van der Waals surface area contributed by atoms with Crippen molar-refractivity contribution >= 4 is 29.3 Å². The summed E-state index contributed by atoms with van der Waals surface area (Å²) in [6, 6.07) is 0. The summed E-state index contributed by atoms with van der Waals surface area (Å²) in [6.45, 7) is 4.26. The van der Waals surface area contributed by atoms with E-state index < -0.39 is 0 Å². The fourth-order valence-corrected chi connectivity index (χ4v) is 3.34. The quantitative estimate of drug-likeness (QED) is 0.530. The van der Waals surface area contributed by atoms with Crippen LogP contribution in [0.25, 0.3) is 0 Å². The maximum absolute atomic E-state index is 11.4. The highest BCUT2D eigenvalue weighted by atomic mass is 35.5. The molecule has 4 heteroatoms. The molecule has 0 saturated carbocycles. The van der Waals surface area contributed by atoms with Gasteiger partial charge in [-0.25, -0.2) is 0 Å². The Morgan fingerprint density at radius 1 is 1.77 bits per heavy atom. The molecule has 1 saturated heterocycles. The maximum Gasteiger partial charge on any atom is 0.319 e. The molecule has 1 aliphatic rings. The van der Waals surface area contributed by atoms with E-state index in [1.165, 1.54) is 0 Å². The molecule has 0 aromatic carbocycles. The number of esters is 1. The van der Waals surface area contributed by atoms with Crippen molar-refractivity contribution < 1.29 is 9.53 Å². The summed E-state index contributed by atoms with van der Waals surface area (Å²) >= 11 is 7.84. The van der Waals surface area contributed by atoms with Crippen molar-refractivity contribution in [3.8, 4) is 0 Å². The lowest BCUT2D eigenvalue weighted by Gasteiger charge is -2.31. The van der Waals surface area contributed by atoms with Crippen LogP contribution in [0.4, 0.5) is 0 Å². The second-order valence-corrected chi connectivity index (χ2v) is 5.70. The minimum absolute atomic E-state index is 0.0591. The molecule has 2 atom stereocenters. The molecule has 76 valence electrons. The average Bonchev–Trinajstić information content (AvgIpc) is 2.03. The molecule has 1 aliphatic heterocycles. The molecule has 0 aromatic heterocycles. The van der Waals surface area contributed by atoms with Gasteiger partial charge in [-0.1, -0.05) is 0 Å². The van der Waals surface area contributed by atoms with Crippen LogP contribution in [0.15, 0.2) is 0 Å². The van der Waals surface area contributed by atoms with Crippen molar-refractivity contribution in [2.45, 2.75) is 36.8 Å². The molecule has 1 rings (SSSR count). The van der Waals surface area contributed by atoms with Crippen LogP contribution in [0.2, 0.25) is 0 Å². The van der Waals surface area contributed by atoms with E-state index in [4.69, 9.17) is 16.3 Å². The first-order valence-corrected chi connectivity index (χ1v) is 5.95. The van der Waals surface area contributed by atoms with Crippen LogP contribution >= 0.6 is 23.4 Å². The lowest BCUT2D eigenvalue weighted by atomic mass is 10.0. The van der Waals surface area contributed by atoms with Crippen molar-refractivity contribution in [2.24, 2.45) is 0 Å². The normalized spacial score (nSPS) is 34.2. The van der Waals surface area contributed by atoms with Crippen molar-refractivity contribution in [1.82, 2.24) is 0 Å². The molecule has 2 unspecified atom stereocenters. The largest absolute Gasteiger partial charge is 0.465 e. The average molecular weight is 223 g/mol. The fraction of sp³-hybridized carbons (Fsp3) is 0.889. The summed E-state index contributed by atoms with van der Waals surface area (Å²) in [5.74, 6) is 0.836. The Hall–Kier alpha value is 0.110. The first kappa shape index (κ1) is 11.2. The number of hydrogen-bond donors (Lipinski definition) is 0. The van der Waals surface area contributed by atoms with Gasteiger partial charge in [0.15, 0.2) is 0 Å². The Kier molecular flexibility index (Phi) is 3.92. The van der Waals surface area contributed by atoms with Gasteiger partial charge in [0, 0.05) is 4.87 Å². The van der Waals surface area contributed by atoms with Crippen LogP contribution in [0, 0.1) is 0 Å². The van der Waals surface area contributed by atoms with E-state index in [9.17, 15) is 4.79 Å². The minimum atomic E-state index is -0.220. The standard InChI is InChI=1S/C9H15ClO2S/c1-3-12-8(11)7-6-9(2,10)4-5-13-7/h7H,3-6H2,1-2H3. The third kappa shape index (κ3) is 3.39. The van der Waals surface area contributed by atoms with Crippen LogP contribution in [-0.2, 0) is 9.53 Å². The van der Waals surface area contributed by atoms with E-state index in [0.29, 0.717) is 6.61 Å². The minimum Gasteiger partial charge on any atom is -0.465 e. The molecule has 0 bridgehead atoms. The molecule has 1 fully saturated rings. The monoisotopic (exact) mass is 222 g/mol. The van der Waals surface area contributed by atoms with Gasteiger partial charge in [0.2, 0.25) is 0 Å². The molecular formula is C9H15ClO2S. The van der Waals surface area contributed by atoms with Crippen LogP contribution in [0.3, 0.4) is 0 Å². The Morgan fingerprint density at radius 2 is 2.46 bits per heavy atom. The van der Waals surface area contributed by atoms with Crippen molar-refractivity contribution in [1.29, 1.82) is 0 Å². The number of thioether (sulfide) groups is 1. The predicted octanol–water partition coefficient (Wildman–Crippen LogP) is 2.44. The molecule has 0 N–H and O–H groups in total. The molecule has 13 heavy (non-hydrogen) atoms. The molecule has 0 radical (unpaired) electrons. The van der Waals surface area contributed by atoms with E-state index in [2.05, 4.69) is 0 Å². The number of halogens is 1. The molecular weight excluding hydrogens is 208 g/mol. The predicted molar refractivity (Wildman–Crippen MR) is 56.4 cm³/mol. The van der Waals surface area contributed by atoms with E-state index in [1.807, 2.05) is 13.8 Å². The van der Waals surface area contributed by atoms with Gasteiger partial charge in [0.1, 0.15) is 5.25 Å². The zero-order chi connectivity index (χ0) is 9.90. The molecule has 2 nitrogen and oxygen atoms in total. The highest BCUT2D eigenvalue weighted by molar-refractivity contribution is 8.00. The smallest absolute Gasteiger partial charge is 0.319 e. The van der Waals surface area contributed by atoms with Gasteiger partial charge < -0.3 is 4.74 Å². The summed E-state index contributed by atoms with van der Waals surface area (Å²) in [5, 5.41) is -0.0591. The van der Waals surface area contributed by atoms with Gasteiger partial charge in [-0.15, -0.1) is 23.4 Å². The summed E-state index contributed by atoms with van der Waals surface area (Å²) in [4.78, 5) is 11.2. The zero-order valence-electron chi connectivity index (χ0n) is 8.01. The Labute approximate surface area is 88.4 Å². The van der Waals surface area contributed by atoms with Crippen LogP contribution in [-0.4, -0.2) is 28.5 Å². The van der Waals surface area contributed by atoms with E-state index in [0.717, 1.165) is 18.6 Å². The zero-order valence-corrected chi connectivity index (χ0v) is 9.58. The van der Waals surface area contributed by atoms with Crippen molar-refractivity contribution in [3.05, 3.63) is 0 Å². The first-order valence-electron chi connectivity index (χ1n) is 4.52. The summed E-state index contributed by atoms with van der Waals surface area (Å²) in [6.07, 6.45) is 1.69. The van der Waals surface area contributed by atoms with Gasteiger partial charge in [0.05, 0.1) is 6.61 Å². The third-order valence-electron chi connectivity index (χ3n) is 2.10. The molecule has 0 aromatic rings. The SMILES string of the molecule is CCOC(=O)C1CC(C)(Cl)CCS1. The van der Waals surface area contributed by atoms with Crippen LogP contribution < -0.4 is 0 Å². The summed E-state index contributed by atoms with van der Waals surface area (Å²) in [7, 11) is 0. The van der Waals surface area contributed by atoms with Gasteiger partial charge in [-0.3, -0.25) is 4.79 Å².